The van der Waals surface area contributed by atoms with Crippen LogP contribution in [0.15, 0.2) is 47.1 Å². The lowest BCUT2D eigenvalue weighted by molar-refractivity contribution is -0.384. The predicted molar refractivity (Wildman–Crippen MR) is 97.1 cm³/mol. The van der Waals surface area contributed by atoms with Gasteiger partial charge in [0.25, 0.3) is 11.6 Å². The molecule has 1 saturated heterocycles. The summed E-state index contributed by atoms with van der Waals surface area (Å²) in [6.45, 7) is 0.109. The molecule has 1 aromatic heterocycles. The summed E-state index contributed by atoms with van der Waals surface area (Å²) in [7, 11) is 0. The lowest BCUT2D eigenvalue weighted by atomic mass is 10.1. The lowest BCUT2D eigenvalue weighted by Crippen LogP contribution is -2.46. The summed E-state index contributed by atoms with van der Waals surface area (Å²) in [5.41, 5.74) is 4.39. The van der Waals surface area contributed by atoms with Crippen LogP contribution in [-0.4, -0.2) is 40.7 Å². The number of hydrogen-bond donors (Lipinski definition) is 2. The maximum atomic E-state index is 12.2. The number of benzene rings is 1. The fourth-order valence-corrected chi connectivity index (χ4v) is 2.77. The minimum Gasteiger partial charge on any atom is -0.484 e. The van der Waals surface area contributed by atoms with Gasteiger partial charge in [0, 0.05) is 25.1 Å². The van der Waals surface area contributed by atoms with Gasteiger partial charge in [-0.2, -0.15) is 0 Å². The number of non-ortho nitro benzene ring substituents is 1. The summed E-state index contributed by atoms with van der Waals surface area (Å²) in [5.74, 6) is -0.969. The molecule has 2 heterocycles. The smallest absolute Gasteiger partial charge is 0.276 e. The van der Waals surface area contributed by atoms with Gasteiger partial charge in [0.2, 0.25) is 11.8 Å². The largest absolute Gasteiger partial charge is 0.484 e. The fraction of sp³-hybridized carbons (Fsp3) is 0.278. The molecular formula is C18H18N4O7. The first kappa shape index (κ1) is 19.9. The van der Waals surface area contributed by atoms with E-state index in [0.717, 1.165) is 0 Å². The Kier molecular flexibility index (Phi) is 6.07. The molecule has 1 atom stereocenters. The van der Waals surface area contributed by atoms with E-state index in [9.17, 15) is 24.5 Å². The van der Waals surface area contributed by atoms with Crippen LogP contribution in [0.3, 0.4) is 0 Å². The first-order valence-corrected chi connectivity index (χ1v) is 8.68. The van der Waals surface area contributed by atoms with Crippen molar-refractivity contribution in [3.8, 4) is 5.75 Å². The molecular weight excluding hydrogens is 384 g/mol. The molecule has 0 spiro atoms. The Hall–Kier alpha value is -3.89. The van der Waals surface area contributed by atoms with E-state index < -0.39 is 29.3 Å². The number of carbonyl (C=O) groups is 3. The molecule has 1 aliphatic heterocycles. The van der Waals surface area contributed by atoms with Crippen molar-refractivity contribution in [2.75, 3.05) is 13.2 Å². The number of furan rings is 1. The quantitative estimate of drug-likeness (QED) is 0.514. The standard InChI is InChI=1S/C18H18N4O7/c23-16(11-29-14-5-3-13(4-6-14)22(26)27)19-20-18(25)12-8-17(24)21(9-12)10-15-2-1-7-28-15/h1-7,12H,8-11H2,(H,19,23)(H,20,25). The van der Waals surface area contributed by atoms with Crippen LogP contribution in [0.1, 0.15) is 12.2 Å². The van der Waals surface area contributed by atoms with Crippen LogP contribution in [0.2, 0.25) is 0 Å². The van der Waals surface area contributed by atoms with Crippen LogP contribution in [0.4, 0.5) is 5.69 Å². The van der Waals surface area contributed by atoms with Crippen LogP contribution in [0.25, 0.3) is 0 Å². The minimum atomic E-state index is -0.617. The highest BCUT2D eigenvalue weighted by molar-refractivity contribution is 5.90. The van der Waals surface area contributed by atoms with Crippen LogP contribution in [0, 0.1) is 16.0 Å². The molecule has 1 aliphatic rings. The van der Waals surface area contributed by atoms with Gasteiger partial charge in [0.05, 0.1) is 23.6 Å². The van der Waals surface area contributed by atoms with Crippen molar-refractivity contribution in [3.63, 3.8) is 0 Å². The minimum absolute atomic E-state index is 0.0434. The average Bonchev–Trinajstić information content (AvgIpc) is 3.35. The van der Waals surface area contributed by atoms with Gasteiger partial charge in [0.15, 0.2) is 6.61 Å². The van der Waals surface area contributed by atoms with Gasteiger partial charge >= 0.3 is 0 Å². The first-order valence-electron chi connectivity index (χ1n) is 8.68. The van der Waals surface area contributed by atoms with Crippen LogP contribution >= 0.6 is 0 Å². The fourth-order valence-electron chi connectivity index (χ4n) is 2.77. The van der Waals surface area contributed by atoms with E-state index in [-0.39, 0.29) is 36.9 Å². The van der Waals surface area contributed by atoms with Gasteiger partial charge in [-0.1, -0.05) is 0 Å². The van der Waals surface area contributed by atoms with Gasteiger partial charge in [-0.3, -0.25) is 35.3 Å². The Morgan fingerprint density at radius 3 is 2.66 bits per heavy atom. The number of nitro groups is 1. The average molecular weight is 402 g/mol. The maximum Gasteiger partial charge on any atom is 0.276 e. The third-order valence-electron chi connectivity index (χ3n) is 4.25. The van der Waals surface area contributed by atoms with Crippen molar-refractivity contribution in [3.05, 3.63) is 58.5 Å². The van der Waals surface area contributed by atoms with E-state index in [0.29, 0.717) is 5.76 Å². The highest BCUT2D eigenvalue weighted by Crippen LogP contribution is 2.20. The monoisotopic (exact) mass is 402 g/mol. The number of likely N-dealkylation sites (tertiary alicyclic amines) is 1. The summed E-state index contributed by atoms with van der Waals surface area (Å²) >= 11 is 0. The molecule has 3 amide bonds. The molecule has 1 unspecified atom stereocenters. The molecule has 0 saturated carbocycles. The van der Waals surface area contributed by atoms with Gasteiger partial charge < -0.3 is 14.1 Å². The van der Waals surface area contributed by atoms with Crippen molar-refractivity contribution in [2.24, 2.45) is 5.92 Å². The maximum absolute atomic E-state index is 12.2. The zero-order valence-electron chi connectivity index (χ0n) is 15.2. The van der Waals surface area contributed by atoms with Gasteiger partial charge in [-0.25, -0.2) is 0 Å². The molecule has 11 heteroatoms. The van der Waals surface area contributed by atoms with E-state index in [4.69, 9.17) is 9.15 Å². The van der Waals surface area contributed by atoms with E-state index in [1.165, 1.54) is 35.4 Å². The Morgan fingerprint density at radius 2 is 2.00 bits per heavy atom. The summed E-state index contributed by atoms with van der Waals surface area (Å²) in [4.78, 5) is 47.6. The van der Waals surface area contributed by atoms with Crippen molar-refractivity contribution in [2.45, 2.75) is 13.0 Å². The van der Waals surface area contributed by atoms with Gasteiger partial charge in [0.1, 0.15) is 11.5 Å². The lowest BCUT2D eigenvalue weighted by Gasteiger charge is -2.15. The zero-order valence-corrected chi connectivity index (χ0v) is 15.2. The third-order valence-corrected chi connectivity index (χ3v) is 4.25. The Balaban J connectivity index is 1.40. The van der Waals surface area contributed by atoms with E-state index >= 15 is 0 Å². The van der Waals surface area contributed by atoms with Crippen molar-refractivity contribution >= 4 is 23.4 Å². The SMILES string of the molecule is O=C(COc1ccc([N+](=O)[O-])cc1)NNC(=O)C1CC(=O)N(Cc2ccco2)C1. The second-order valence-corrected chi connectivity index (χ2v) is 6.33. The number of hydrazine groups is 1. The van der Waals surface area contributed by atoms with Crippen LogP contribution < -0.4 is 15.6 Å². The van der Waals surface area contributed by atoms with E-state index in [1.54, 1.807) is 12.1 Å². The highest BCUT2D eigenvalue weighted by atomic mass is 16.6. The first-order chi connectivity index (χ1) is 13.9. The zero-order chi connectivity index (χ0) is 20.8. The van der Waals surface area contributed by atoms with E-state index in [2.05, 4.69) is 10.9 Å². The molecule has 0 bridgehead atoms. The predicted octanol–water partition coefficient (Wildman–Crippen LogP) is 0.763. The number of ether oxygens (including phenoxy) is 1. The number of nitrogens with zero attached hydrogens (tertiary/aromatic N) is 2. The Bertz CT molecular complexity index is 895. The molecule has 1 aromatic carbocycles. The number of nitro benzene ring substituents is 1. The molecule has 11 nitrogen and oxygen atoms in total. The number of hydrogen-bond acceptors (Lipinski definition) is 7. The summed E-state index contributed by atoms with van der Waals surface area (Å²) in [6.07, 6.45) is 1.55. The second kappa shape index (κ2) is 8.87. The highest BCUT2D eigenvalue weighted by Gasteiger charge is 2.34. The molecule has 0 aliphatic carbocycles. The number of carbonyl (C=O) groups excluding carboxylic acids is 3. The normalized spacial score (nSPS) is 15.8. The molecule has 2 N–H and O–H groups in total. The number of nitrogens with one attached hydrogen (secondary N) is 2. The topological polar surface area (TPSA) is 144 Å². The van der Waals surface area contributed by atoms with Crippen molar-refractivity contribution in [1.29, 1.82) is 0 Å². The second-order valence-electron chi connectivity index (χ2n) is 6.33. The summed E-state index contributed by atoms with van der Waals surface area (Å²) in [6, 6.07) is 8.69. The number of amides is 3. The van der Waals surface area contributed by atoms with Crippen LogP contribution in [0.5, 0.6) is 5.75 Å². The molecule has 29 heavy (non-hydrogen) atoms. The van der Waals surface area contributed by atoms with Gasteiger partial charge in [-0.15, -0.1) is 0 Å². The van der Waals surface area contributed by atoms with Crippen LogP contribution in [-0.2, 0) is 20.9 Å². The third kappa shape index (κ3) is 5.31. The molecule has 2 aromatic rings. The summed E-state index contributed by atoms with van der Waals surface area (Å²) in [5, 5.41) is 10.6. The molecule has 0 radical (unpaired) electrons. The van der Waals surface area contributed by atoms with Crippen molar-refractivity contribution in [1.82, 2.24) is 15.8 Å². The van der Waals surface area contributed by atoms with Crippen molar-refractivity contribution < 1.29 is 28.5 Å². The van der Waals surface area contributed by atoms with Gasteiger partial charge in [-0.05, 0) is 24.3 Å². The van der Waals surface area contributed by atoms with E-state index in [1.807, 2.05) is 0 Å². The number of rotatable bonds is 7. The molecule has 3 rings (SSSR count). The summed E-state index contributed by atoms with van der Waals surface area (Å²) < 4.78 is 10.4. The molecule has 1 fully saturated rings. The Morgan fingerprint density at radius 1 is 1.24 bits per heavy atom. The molecule has 152 valence electrons. The Labute approximate surface area is 164 Å².